The average Bonchev–Trinajstić information content (AvgIpc) is 2.45. The molecule has 0 spiro atoms. The largest absolute Gasteiger partial charge is 0.484 e. The van der Waals surface area contributed by atoms with E-state index in [1.54, 1.807) is 24.5 Å². The van der Waals surface area contributed by atoms with Crippen LogP contribution < -0.4 is 10.1 Å². The molecule has 0 radical (unpaired) electrons. The molecule has 1 N–H and O–H groups in total. The number of aromatic nitrogens is 2. The molecule has 106 valence electrons. The molecule has 1 heterocycles. The number of hydrogen-bond donors (Lipinski definition) is 1. The van der Waals surface area contributed by atoms with E-state index >= 15 is 0 Å². The Morgan fingerprint density at radius 1 is 1.30 bits per heavy atom. The van der Waals surface area contributed by atoms with Gasteiger partial charge in [-0.2, -0.15) is 0 Å². The molecule has 2 aromatic rings. The molecule has 0 aliphatic carbocycles. The van der Waals surface area contributed by atoms with Crippen molar-refractivity contribution < 1.29 is 9.13 Å². The van der Waals surface area contributed by atoms with Crippen LogP contribution in [0.1, 0.15) is 19.0 Å². The van der Waals surface area contributed by atoms with E-state index < -0.39 is 5.82 Å². The van der Waals surface area contributed by atoms with Crippen molar-refractivity contribution in [3.05, 3.63) is 46.6 Å². The van der Waals surface area contributed by atoms with E-state index in [0.29, 0.717) is 10.2 Å². The topological polar surface area (TPSA) is 47.0 Å². The Labute approximate surface area is 125 Å². The number of hydrogen-bond acceptors (Lipinski definition) is 4. The Kier molecular flexibility index (Phi) is 5.29. The molecule has 0 unspecified atom stereocenters. The predicted molar refractivity (Wildman–Crippen MR) is 79.2 cm³/mol. The fraction of sp³-hybridized carbons (Fsp3) is 0.286. The minimum Gasteiger partial charge on any atom is -0.484 e. The van der Waals surface area contributed by atoms with E-state index in [1.807, 2.05) is 0 Å². The minimum absolute atomic E-state index is 0.180. The lowest BCUT2D eigenvalue weighted by Crippen LogP contribution is -2.05. The molecule has 6 heteroatoms. The summed E-state index contributed by atoms with van der Waals surface area (Å²) in [4.78, 5) is 8.42. The Hall–Kier alpha value is -1.69. The highest BCUT2D eigenvalue weighted by Crippen LogP contribution is 2.22. The van der Waals surface area contributed by atoms with Crippen molar-refractivity contribution in [2.24, 2.45) is 0 Å². The number of anilines is 1. The smallest absolute Gasteiger partial charge is 0.166 e. The van der Waals surface area contributed by atoms with Crippen LogP contribution in [0.4, 0.5) is 10.2 Å². The van der Waals surface area contributed by atoms with Crippen LogP contribution >= 0.6 is 15.9 Å². The Morgan fingerprint density at radius 3 is 2.80 bits per heavy atom. The third-order valence-corrected chi connectivity index (χ3v) is 3.02. The average molecular weight is 340 g/mol. The van der Waals surface area contributed by atoms with Crippen LogP contribution in [0.15, 0.2) is 35.1 Å². The van der Waals surface area contributed by atoms with Crippen LogP contribution in [0.2, 0.25) is 0 Å². The quantitative estimate of drug-likeness (QED) is 0.869. The maximum Gasteiger partial charge on any atom is 0.166 e. The fourth-order valence-corrected chi connectivity index (χ4v) is 1.85. The normalized spacial score (nSPS) is 10.3. The molecule has 0 amide bonds. The van der Waals surface area contributed by atoms with Crippen LogP contribution in [0.5, 0.6) is 5.75 Å². The summed E-state index contributed by atoms with van der Waals surface area (Å²) in [6.45, 7) is 3.11. The first-order chi connectivity index (χ1) is 9.69. The SMILES string of the molecule is CCCNc1cnc(COc2ccc(Br)cc2F)cn1. The van der Waals surface area contributed by atoms with Gasteiger partial charge >= 0.3 is 0 Å². The molecule has 0 fully saturated rings. The lowest BCUT2D eigenvalue weighted by molar-refractivity contribution is 0.285. The van der Waals surface area contributed by atoms with E-state index in [9.17, 15) is 4.39 Å². The summed E-state index contributed by atoms with van der Waals surface area (Å²) in [6.07, 6.45) is 4.29. The molecular formula is C14H15BrFN3O. The van der Waals surface area contributed by atoms with Crippen LogP contribution in [0, 0.1) is 5.82 Å². The first-order valence-electron chi connectivity index (χ1n) is 6.31. The Bertz CT molecular complexity index is 563. The number of halogens is 2. The lowest BCUT2D eigenvalue weighted by atomic mass is 10.3. The Balaban J connectivity index is 1.93. The van der Waals surface area contributed by atoms with Gasteiger partial charge in [0.15, 0.2) is 11.6 Å². The molecule has 0 aliphatic heterocycles. The van der Waals surface area contributed by atoms with Crippen LogP contribution in [-0.2, 0) is 6.61 Å². The highest BCUT2D eigenvalue weighted by atomic mass is 79.9. The van der Waals surface area contributed by atoms with Gasteiger partial charge in [0.2, 0.25) is 0 Å². The number of benzene rings is 1. The number of nitrogens with zero attached hydrogens (tertiary/aromatic N) is 2. The van der Waals surface area contributed by atoms with Gasteiger partial charge < -0.3 is 10.1 Å². The highest BCUT2D eigenvalue weighted by Gasteiger charge is 2.05. The van der Waals surface area contributed by atoms with Gasteiger partial charge in [-0.05, 0) is 24.6 Å². The number of rotatable bonds is 6. The van der Waals surface area contributed by atoms with Crippen molar-refractivity contribution in [1.82, 2.24) is 9.97 Å². The second-order valence-corrected chi connectivity index (χ2v) is 5.10. The molecule has 1 aromatic carbocycles. The molecule has 0 saturated heterocycles. The molecule has 0 saturated carbocycles. The van der Waals surface area contributed by atoms with E-state index in [-0.39, 0.29) is 12.4 Å². The van der Waals surface area contributed by atoms with E-state index in [2.05, 4.69) is 38.1 Å². The van der Waals surface area contributed by atoms with Gasteiger partial charge in [0.05, 0.1) is 18.1 Å². The van der Waals surface area contributed by atoms with Crippen molar-refractivity contribution in [3.8, 4) is 5.75 Å². The van der Waals surface area contributed by atoms with Crippen LogP contribution in [-0.4, -0.2) is 16.5 Å². The molecule has 1 aromatic heterocycles. The van der Waals surface area contributed by atoms with Gasteiger partial charge in [-0.25, -0.2) is 9.37 Å². The predicted octanol–water partition coefficient (Wildman–Crippen LogP) is 3.78. The maximum atomic E-state index is 13.6. The summed E-state index contributed by atoms with van der Waals surface area (Å²) < 4.78 is 19.6. The molecule has 0 bridgehead atoms. The minimum atomic E-state index is -0.409. The van der Waals surface area contributed by atoms with Crippen LogP contribution in [0.25, 0.3) is 0 Å². The van der Waals surface area contributed by atoms with Crippen molar-refractivity contribution in [1.29, 1.82) is 0 Å². The van der Waals surface area contributed by atoms with E-state index in [0.717, 1.165) is 18.8 Å². The van der Waals surface area contributed by atoms with Gasteiger partial charge in [0.25, 0.3) is 0 Å². The summed E-state index contributed by atoms with van der Waals surface area (Å²) in [6, 6.07) is 4.66. The van der Waals surface area contributed by atoms with Gasteiger partial charge in [-0.15, -0.1) is 0 Å². The standard InChI is InChI=1S/C14H15BrFN3O/c1-2-5-17-14-8-18-11(7-19-14)9-20-13-4-3-10(15)6-12(13)16/h3-4,6-8H,2,5,9H2,1H3,(H,17,19). The van der Waals surface area contributed by atoms with Crippen molar-refractivity contribution >= 4 is 21.7 Å². The zero-order valence-corrected chi connectivity index (χ0v) is 12.7. The summed E-state index contributed by atoms with van der Waals surface area (Å²) in [7, 11) is 0. The molecule has 0 aliphatic rings. The van der Waals surface area contributed by atoms with Gasteiger partial charge in [-0.3, -0.25) is 4.98 Å². The third kappa shape index (κ3) is 4.16. The Morgan fingerprint density at radius 2 is 2.15 bits per heavy atom. The first-order valence-corrected chi connectivity index (χ1v) is 7.11. The summed E-state index contributed by atoms with van der Waals surface area (Å²) in [5.74, 6) is 0.516. The van der Waals surface area contributed by atoms with Crippen molar-refractivity contribution in [3.63, 3.8) is 0 Å². The number of nitrogens with one attached hydrogen (secondary N) is 1. The second kappa shape index (κ2) is 7.19. The first kappa shape index (κ1) is 14.7. The highest BCUT2D eigenvalue weighted by molar-refractivity contribution is 9.10. The van der Waals surface area contributed by atoms with E-state index in [4.69, 9.17) is 4.74 Å². The zero-order chi connectivity index (χ0) is 14.4. The monoisotopic (exact) mass is 339 g/mol. The molecule has 2 rings (SSSR count). The molecular weight excluding hydrogens is 325 g/mol. The number of ether oxygens (including phenoxy) is 1. The zero-order valence-electron chi connectivity index (χ0n) is 11.1. The molecule has 4 nitrogen and oxygen atoms in total. The summed E-state index contributed by atoms with van der Waals surface area (Å²) in [5, 5.41) is 3.13. The summed E-state index contributed by atoms with van der Waals surface area (Å²) >= 11 is 3.20. The lowest BCUT2D eigenvalue weighted by Gasteiger charge is -2.08. The third-order valence-electron chi connectivity index (χ3n) is 2.53. The maximum absolute atomic E-state index is 13.6. The molecule has 0 atom stereocenters. The van der Waals surface area contributed by atoms with Gasteiger partial charge in [0, 0.05) is 11.0 Å². The van der Waals surface area contributed by atoms with E-state index in [1.165, 1.54) is 6.07 Å². The summed E-state index contributed by atoms with van der Waals surface area (Å²) in [5.41, 5.74) is 0.648. The fourth-order valence-electron chi connectivity index (χ4n) is 1.52. The van der Waals surface area contributed by atoms with Crippen molar-refractivity contribution in [2.45, 2.75) is 20.0 Å². The van der Waals surface area contributed by atoms with Crippen LogP contribution in [0.3, 0.4) is 0 Å². The van der Waals surface area contributed by atoms with Crippen molar-refractivity contribution in [2.75, 3.05) is 11.9 Å². The van der Waals surface area contributed by atoms with Gasteiger partial charge in [0.1, 0.15) is 12.4 Å². The second-order valence-electron chi connectivity index (χ2n) is 4.18. The van der Waals surface area contributed by atoms with Gasteiger partial charge in [-0.1, -0.05) is 22.9 Å². The molecule has 20 heavy (non-hydrogen) atoms.